The Balaban J connectivity index is 1.57. The van der Waals surface area contributed by atoms with Crippen LogP contribution in [-0.4, -0.2) is 18.7 Å². The predicted octanol–water partition coefficient (Wildman–Crippen LogP) is 6.05. The molecule has 0 saturated carbocycles. The average molecular weight is 471 g/mol. The van der Waals surface area contributed by atoms with Crippen LogP contribution in [0.4, 0.5) is 0 Å². The van der Waals surface area contributed by atoms with Crippen LogP contribution < -0.4 is 14.9 Å². The number of hydrogen-bond acceptors (Lipinski definition) is 4. The molecular formula is C25H24Cl2N2O3. The molecule has 1 N–H and O–H groups in total. The van der Waals surface area contributed by atoms with Crippen molar-refractivity contribution in [2.24, 2.45) is 5.10 Å². The molecule has 7 heteroatoms. The van der Waals surface area contributed by atoms with Gasteiger partial charge >= 0.3 is 0 Å². The Hall–Kier alpha value is -3.02. The Morgan fingerprint density at radius 3 is 2.56 bits per heavy atom. The summed E-state index contributed by atoms with van der Waals surface area (Å²) < 4.78 is 11.6. The molecule has 0 aliphatic rings. The van der Waals surface area contributed by atoms with Gasteiger partial charge in [-0.2, -0.15) is 5.10 Å². The van der Waals surface area contributed by atoms with E-state index >= 15 is 0 Å². The lowest BCUT2D eigenvalue weighted by Crippen LogP contribution is -2.17. The fourth-order valence-electron chi connectivity index (χ4n) is 2.92. The van der Waals surface area contributed by atoms with Crippen LogP contribution in [0.2, 0.25) is 10.0 Å². The van der Waals surface area contributed by atoms with Gasteiger partial charge in [-0.05, 0) is 54.8 Å². The van der Waals surface area contributed by atoms with Gasteiger partial charge in [0.1, 0.15) is 6.61 Å². The number of halogens is 2. The first-order valence-electron chi connectivity index (χ1n) is 10.2. The van der Waals surface area contributed by atoms with E-state index in [1.54, 1.807) is 24.4 Å². The smallest absolute Gasteiger partial charge is 0.240 e. The SMILES string of the molecule is CCOc1cc(/C=N\NC(=O)CCc2ccccc2)ccc1OCc1ccc(Cl)cc1Cl. The lowest BCUT2D eigenvalue weighted by atomic mass is 10.1. The van der Waals surface area contributed by atoms with Gasteiger partial charge in [-0.3, -0.25) is 4.79 Å². The predicted molar refractivity (Wildman–Crippen MR) is 129 cm³/mol. The van der Waals surface area contributed by atoms with E-state index in [0.29, 0.717) is 41.0 Å². The zero-order valence-corrected chi connectivity index (χ0v) is 19.2. The van der Waals surface area contributed by atoms with Gasteiger partial charge in [-0.1, -0.05) is 59.6 Å². The lowest BCUT2D eigenvalue weighted by molar-refractivity contribution is -0.121. The molecule has 0 unspecified atom stereocenters. The van der Waals surface area contributed by atoms with Crippen LogP contribution in [0.15, 0.2) is 71.8 Å². The maximum Gasteiger partial charge on any atom is 0.240 e. The minimum atomic E-state index is -0.144. The molecule has 0 aromatic heterocycles. The maximum absolute atomic E-state index is 12.0. The van der Waals surface area contributed by atoms with Crippen LogP contribution in [0.3, 0.4) is 0 Å². The molecule has 0 aliphatic heterocycles. The van der Waals surface area contributed by atoms with Crippen molar-refractivity contribution in [2.45, 2.75) is 26.4 Å². The number of ether oxygens (including phenoxy) is 2. The van der Waals surface area contributed by atoms with Crippen LogP contribution in [0, 0.1) is 0 Å². The summed E-state index contributed by atoms with van der Waals surface area (Å²) in [5.41, 5.74) is 5.27. The molecule has 3 aromatic carbocycles. The summed E-state index contributed by atoms with van der Waals surface area (Å²) in [6.07, 6.45) is 2.61. The molecule has 0 spiro atoms. The van der Waals surface area contributed by atoms with E-state index in [1.165, 1.54) is 0 Å². The zero-order chi connectivity index (χ0) is 22.8. The van der Waals surface area contributed by atoms with Crippen LogP contribution in [0.5, 0.6) is 11.5 Å². The molecule has 0 saturated heterocycles. The third-order valence-electron chi connectivity index (χ3n) is 4.55. The second-order valence-corrected chi connectivity index (χ2v) is 7.79. The first kappa shape index (κ1) is 23.6. The highest BCUT2D eigenvalue weighted by molar-refractivity contribution is 6.35. The minimum absolute atomic E-state index is 0.144. The van der Waals surface area contributed by atoms with Crippen LogP contribution >= 0.6 is 23.2 Å². The van der Waals surface area contributed by atoms with Crippen LogP contribution in [0.25, 0.3) is 0 Å². The first-order chi connectivity index (χ1) is 15.5. The summed E-state index contributed by atoms with van der Waals surface area (Å²) in [6, 6.07) is 20.6. The Morgan fingerprint density at radius 1 is 1.00 bits per heavy atom. The monoisotopic (exact) mass is 470 g/mol. The van der Waals surface area contributed by atoms with Crippen molar-refractivity contribution in [1.29, 1.82) is 0 Å². The second-order valence-electron chi connectivity index (χ2n) is 6.94. The van der Waals surface area contributed by atoms with Gasteiger partial charge in [0, 0.05) is 22.0 Å². The van der Waals surface area contributed by atoms with Crippen molar-refractivity contribution < 1.29 is 14.3 Å². The fourth-order valence-corrected chi connectivity index (χ4v) is 3.39. The van der Waals surface area contributed by atoms with E-state index in [0.717, 1.165) is 16.7 Å². The number of carbonyl (C=O) groups excluding carboxylic acids is 1. The number of nitrogens with zero attached hydrogens (tertiary/aromatic N) is 1. The van der Waals surface area contributed by atoms with Gasteiger partial charge in [-0.15, -0.1) is 0 Å². The van der Waals surface area contributed by atoms with Gasteiger partial charge < -0.3 is 9.47 Å². The van der Waals surface area contributed by atoms with Gasteiger partial charge in [0.2, 0.25) is 5.91 Å². The number of hydrazone groups is 1. The van der Waals surface area contributed by atoms with Crippen molar-refractivity contribution in [3.63, 3.8) is 0 Å². The first-order valence-corrected chi connectivity index (χ1v) is 11.0. The van der Waals surface area contributed by atoms with E-state index in [4.69, 9.17) is 32.7 Å². The highest BCUT2D eigenvalue weighted by atomic mass is 35.5. The highest BCUT2D eigenvalue weighted by Crippen LogP contribution is 2.30. The molecule has 3 rings (SSSR count). The van der Waals surface area contributed by atoms with Gasteiger partial charge in [0.05, 0.1) is 12.8 Å². The van der Waals surface area contributed by atoms with Gasteiger partial charge in [0.25, 0.3) is 0 Å². The Bertz CT molecular complexity index is 1070. The molecule has 1 amide bonds. The highest BCUT2D eigenvalue weighted by Gasteiger charge is 2.09. The van der Waals surface area contributed by atoms with Crippen molar-refractivity contribution >= 4 is 35.3 Å². The zero-order valence-electron chi connectivity index (χ0n) is 17.7. The van der Waals surface area contributed by atoms with Crippen molar-refractivity contribution in [3.05, 3.63) is 93.5 Å². The third-order valence-corrected chi connectivity index (χ3v) is 5.14. The molecule has 0 heterocycles. The summed E-state index contributed by atoms with van der Waals surface area (Å²) in [7, 11) is 0. The number of carbonyl (C=O) groups is 1. The summed E-state index contributed by atoms with van der Waals surface area (Å²) in [6.45, 7) is 2.66. The number of benzene rings is 3. The minimum Gasteiger partial charge on any atom is -0.490 e. The Kier molecular flexibility index (Phi) is 8.96. The van der Waals surface area contributed by atoms with E-state index < -0.39 is 0 Å². The average Bonchev–Trinajstić information content (AvgIpc) is 2.79. The molecule has 0 atom stereocenters. The summed E-state index contributed by atoms with van der Waals surface area (Å²) >= 11 is 12.2. The summed E-state index contributed by atoms with van der Waals surface area (Å²) in [5, 5.41) is 5.16. The molecule has 0 bridgehead atoms. The molecule has 0 aliphatic carbocycles. The van der Waals surface area contributed by atoms with Crippen molar-refractivity contribution in [3.8, 4) is 11.5 Å². The molecule has 0 fully saturated rings. The van der Waals surface area contributed by atoms with Crippen LogP contribution in [0.1, 0.15) is 30.0 Å². The molecule has 0 radical (unpaired) electrons. The number of rotatable bonds is 10. The summed E-state index contributed by atoms with van der Waals surface area (Å²) in [5.74, 6) is 1.02. The lowest BCUT2D eigenvalue weighted by Gasteiger charge is -2.13. The van der Waals surface area contributed by atoms with E-state index in [9.17, 15) is 4.79 Å². The number of hydrogen-bond donors (Lipinski definition) is 1. The topological polar surface area (TPSA) is 59.9 Å². The fraction of sp³-hybridized carbons (Fsp3) is 0.200. The summed E-state index contributed by atoms with van der Waals surface area (Å²) in [4.78, 5) is 12.0. The van der Waals surface area contributed by atoms with E-state index in [-0.39, 0.29) is 12.5 Å². The third kappa shape index (κ3) is 7.29. The second kappa shape index (κ2) is 12.1. The van der Waals surface area contributed by atoms with Crippen molar-refractivity contribution in [2.75, 3.05) is 6.61 Å². The van der Waals surface area contributed by atoms with E-state index in [2.05, 4.69) is 10.5 Å². The van der Waals surface area contributed by atoms with Gasteiger partial charge in [-0.25, -0.2) is 5.43 Å². The quantitative estimate of drug-likeness (QED) is 0.289. The van der Waals surface area contributed by atoms with Crippen molar-refractivity contribution in [1.82, 2.24) is 5.43 Å². The number of amides is 1. The number of nitrogens with one attached hydrogen (secondary N) is 1. The molecule has 32 heavy (non-hydrogen) atoms. The van der Waals surface area contributed by atoms with Crippen LogP contribution in [-0.2, 0) is 17.8 Å². The largest absolute Gasteiger partial charge is 0.490 e. The van der Waals surface area contributed by atoms with Gasteiger partial charge in [0.15, 0.2) is 11.5 Å². The Labute approximate surface area is 198 Å². The standard InChI is InChI=1S/C25H24Cl2N2O3/c1-2-31-24-14-19(16-28-29-25(30)13-9-18-6-4-3-5-7-18)8-12-23(24)32-17-20-10-11-21(26)15-22(20)27/h3-8,10-12,14-16H,2,9,13,17H2,1H3,(H,29,30)/b28-16-. The molecule has 3 aromatic rings. The Morgan fingerprint density at radius 2 is 1.81 bits per heavy atom. The number of aryl methyl sites for hydroxylation is 1. The molecular weight excluding hydrogens is 447 g/mol. The normalized spacial score (nSPS) is 10.8. The van der Waals surface area contributed by atoms with E-state index in [1.807, 2.05) is 55.5 Å². The molecule has 166 valence electrons. The maximum atomic E-state index is 12.0. The molecule has 5 nitrogen and oxygen atoms in total.